The summed E-state index contributed by atoms with van der Waals surface area (Å²) < 4.78 is 15.7. The maximum Gasteiger partial charge on any atom is 0.334 e. The van der Waals surface area contributed by atoms with Crippen molar-refractivity contribution in [1.29, 1.82) is 0 Å². The highest BCUT2D eigenvalue weighted by Gasteiger charge is 2.29. The molecule has 0 saturated carbocycles. The van der Waals surface area contributed by atoms with E-state index in [2.05, 4.69) is 5.32 Å². The fourth-order valence-electron chi connectivity index (χ4n) is 1.95. The summed E-state index contributed by atoms with van der Waals surface area (Å²) in [6.07, 6.45) is -1.09. The third-order valence-electron chi connectivity index (χ3n) is 3.00. The number of aliphatic carboxylic acids is 1. The first-order valence-electron chi connectivity index (χ1n) is 6.23. The molecule has 2 aliphatic heterocycles. The van der Waals surface area contributed by atoms with E-state index in [0.29, 0.717) is 32.9 Å². The number of carboxylic acids is 1. The quantitative estimate of drug-likeness (QED) is 0.678. The Morgan fingerprint density at radius 2 is 2.11 bits per heavy atom. The molecule has 0 aromatic carbocycles. The van der Waals surface area contributed by atoms with Crippen molar-refractivity contribution in [2.24, 2.45) is 0 Å². The topological polar surface area (TPSA) is 97.3 Å². The second-order valence-corrected chi connectivity index (χ2v) is 4.40. The van der Waals surface area contributed by atoms with Crippen LogP contribution in [0.5, 0.6) is 0 Å². The minimum atomic E-state index is -1.05. The molecule has 2 heterocycles. The molecule has 0 aromatic heterocycles. The van der Waals surface area contributed by atoms with Gasteiger partial charge in [0.15, 0.2) is 6.10 Å². The fraction of sp³-hybridized carbons (Fsp3) is 0.818. The van der Waals surface area contributed by atoms with Crippen LogP contribution in [-0.2, 0) is 19.0 Å². The minimum Gasteiger partial charge on any atom is -0.479 e. The largest absolute Gasteiger partial charge is 0.479 e. The molecular formula is C11H18N2O6. The number of carbonyl (C=O) groups excluding carboxylic acids is 1. The number of hydrogen-bond donors (Lipinski definition) is 2. The van der Waals surface area contributed by atoms with Crippen molar-refractivity contribution in [2.45, 2.75) is 12.2 Å². The van der Waals surface area contributed by atoms with Crippen molar-refractivity contribution in [1.82, 2.24) is 10.2 Å². The second kappa shape index (κ2) is 6.69. The molecular weight excluding hydrogens is 256 g/mol. The van der Waals surface area contributed by atoms with Gasteiger partial charge in [-0.1, -0.05) is 0 Å². The van der Waals surface area contributed by atoms with Gasteiger partial charge in [0.05, 0.1) is 39.1 Å². The lowest BCUT2D eigenvalue weighted by atomic mass is 10.3. The summed E-state index contributed by atoms with van der Waals surface area (Å²) in [7, 11) is 0. The highest BCUT2D eigenvalue weighted by molar-refractivity contribution is 5.77. The highest BCUT2D eigenvalue weighted by Crippen LogP contribution is 2.06. The van der Waals surface area contributed by atoms with Crippen LogP contribution in [0.4, 0.5) is 4.79 Å². The summed E-state index contributed by atoms with van der Waals surface area (Å²) in [4.78, 5) is 24.1. The molecule has 2 N–H and O–H groups in total. The maximum atomic E-state index is 11.9. The summed E-state index contributed by atoms with van der Waals surface area (Å²) in [6.45, 7) is 2.59. The molecule has 2 unspecified atom stereocenters. The highest BCUT2D eigenvalue weighted by atomic mass is 16.6. The molecule has 108 valence electrons. The SMILES string of the molecule is O=C(O)C1CN(C(=O)NCC2COCCO2)CCO1. The lowest BCUT2D eigenvalue weighted by molar-refractivity contribution is -0.154. The minimum absolute atomic E-state index is 0.0587. The second-order valence-electron chi connectivity index (χ2n) is 4.40. The Labute approximate surface area is 110 Å². The summed E-state index contributed by atoms with van der Waals surface area (Å²) >= 11 is 0. The molecule has 2 aliphatic rings. The smallest absolute Gasteiger partial charge is 0.334 e. The summed E-state index contributed by atoms with van der Waals surface area (Å²) in [6, 6.07) is -0.302. The van der Waals surface area contributed by atoms with Crippen LogP contribution in [0.1, 0.15) is 0 Å². The Kier molecular flexibility index (Phi) is 4.94. The van der Waals surface area contributed by atoms with E-state index >= 15 is 0 Å². The van der Waals surface area contributed by atoms with E-state index < -0.39 is 12.1 Å². The molecule has 2 atom stereocenters. The number of nitrogens with zero attached hydrogens (tertiary/aromatic N) is 1. The third-order valence-corrected chi connectivity index (χ3v) is 3.00. The zero-order chi connectivity index (χ0) is 13.7. The first-order chi connectivity index (χ1) is 9.16. The van der Waals surface area contributed by atoms with E-state index in [0.717, 1.165) is 0 Å². The van der Waals surface area contributed by atoms with Crippen molar-refractivity contribution in [3.05, 3.63) is 0 Å². The Morgan fingerprint density at radius 3 is 2.79 bits per heavy atom. The van der Waals surface area contributed by atoms with Crippen LogP contribution in [0.25, 0.3) is 0 Å². The van der Waals surface area contributed by atoms with Crippen molar-refractivity contribution in [3.8, 4) is 0 Å². The summed E-state index contributed by atoms with van der Waals surface area (Å²) in [5, 5.41) is 11.6. The molecule has 2 fully saturated rings. The van der Waals surface area contributed by atoms with Crippen molar-refractivity contribution in [3.63, 3.8) is 0 Å². The predicted octanol–water partition coefficient (Wildman–Crippen LogP) is -1.10. The number of amides is 2. The Morgan fingerprint density at radius 1 is 1.26 bits per heavy atom. The van der Waals surface area contributed by atoms with Crippen LogP contribution in [-0.4, -0.2) is 80.3 Å². The molecule has 19 heavy (non-hydrogen) atoms. The molecule has 2 saturated heterocycles. The van der Waals surface area contributed by atoms with Gasteiger partial charge < -0.3 is 29.5 Å². The number of urea groups is 1. The van der Waals surface area contributed by atoms with E-state index in [4.69, 9.17) is 19.3 Å². The third kappa shape index (κ3) is 4.05. The van der Waals surface area contributed by atoms with E-state index in [-0.39, 0.29) is 25.3 Å². The molecule has 2 amide bonds. The van der Waals surface area contributed by atoms with Crippen molar-refractivity contribution < 1.29 is 28.9 Å². The van der Waals surface area contributed by atoms with Crippen LogP contribution >= 0.6 is 0 Å². The van der Waals surface area contributed by atoms with E-state index in [9.17, 15) is 9.59 Å². The average Bonchev–Trinajstić information content (AvgIpc) is 2.46. The number of rotatable bonds is 3. The molecule has 0 aliphatic carbocycles. The Balaban J connectivity index is 1.74. The Bertz CT molecular complexity index is 331. The van der Waals surface area contributed by atoms with Gasteiger partial charge in [-0.3, -0.25) is 0 Å². The zero-order valence-corrected chi connectivity index (χ0v) is 10.5. The standard InChI is InChI=1S/C11H18N2O6/c14-10(15)9-6-13(1-2-19-9)11(16)12-5-8-7-17-3-4-18-8/h8-9H,1-7H2,(H,12,16)(H,14,15). The van der Waals surface area contributed by atoms with Gasteiger partial charge in [0, 0.05) is 13.1 Å². The van der Waals surface area contributed by atoms with Crippen LogP contribution < -0.4 is 5.32 Å². The summed E-state index contributed by atoms with van der Waals surface area (Å²) in [5.74, 6) is -1.05. The van der Waals surface area contributed by atoms with E-state index in [1.54, 1.807) is 0 Å². The maximum absolute atomic E-state index is 11.9. The number of ether oxygens (including phenoxy) is 3. The molecule has 0 spiro atoms. The van der Waals surface area contributed by atoms with Gasteiger partial charge in [-0.2, -0.15) is 0 Å². The van der Waals surface area contributed by atoms with Gasteiger partial charge in [-0.05, 0) is 0 Å². The van der Waals surface area contributed by atoms with Crippen LogP contribution in [0.3, 0.4) is 0 Å². The van der Waals surface area contributed by atoms with E-state index in [1.807, 2.05) is 0 Å². The lowest BCUT2D eigenvalue weighted by Crippen LogP contribution is -2.53. The first-order valence-corrected chi connectivity index (χ1v) is 6.23. The molecule has 0 aromatic rings. The molecule has 2 rings (SSSR count). The van der Waals surface area contributed by atoms with Gasteiger partial charge in [0.2, 0.25) is 0 Å². The normalized spacial score (nSPS) is 27.9. The van der Waals surface area contributed by atoms with Gasteiger partial charge in [-0.25, -0.2) is 9.59 Å². The summed E-state index contributed by atoms with van der Waals surface area (Å²) in [5.41, 5.74) is 0. The molecule has 8 nitrogen and oxygen atoms in total. The number of carbonyl (C=O) groups is 2. The molecule has 0 bridgehead atoms. The predicted molar refractivity (Wildman–Crippen MR) is 62.9 cm³/mol. The Hall–Kier alpha value is -1.38. The van der Waals surface area contributed by atoms with Gasteiger partial charge in [0.25, 0.3) is 0 Å². The average molecular weight is 274 g/mol. The molecule has 8 heteroatoms. The van der Waals surface area contributed by atoms with Gasteiger partial charge >= 0.3 is 12.0 Å². The number of hydrogen-bond acceptors (Lipinski definition) is 5. The first kappa shape index (κ1) is 14.0. The van der Waals surface area contributed by atoms with Gasteiger partial charge in [0.1, 0.15) is 0 Å². The number of carboxylic acid groups (broad SMARTS) is 1. The number of nitrogens with one attached hydrogen (secondary N) is 1. The van der Waals surface area contributed by atoms with Crippen molar-refractivity contribution in [2.75, 3.05) is 46.1 Å². The monoisotopic (exact) mass is 274 g/mol. The molecule has 0 radical (unpaired) electrons. The fourth-order valence-corrected chi connectivity index (χ4v) is 1.95. The zero-order valence-electron chi connectivity index (χ0n) is 10.5. The van der Waals surface area contributed by atoms with Crippen molar-refractivity contribution >= 4 is 12.0 Å². The lowest BCUT2D eigenvalue weighted by Gasteiger charge is -2.31. The van der Waals surface area contributed by atoms with Crippen LogP contribution in [0, 0.1) is 0 Å². The van der Waals surface area contributed by atoms with Gasteiger partial charge in [-0.15, -0.1) is 0 Å². The van der Waals surface area contributed by atoms with E-state index in [1.165, 1.54) is 4.90 Å². The van der Waals surface area contributed by atoms with Crippen LogP contribution in [0.15, 0.2) is 0 Å². The number of morpholine rings is 1. The van der Waals surface area contributed by atoms with Crippen LogP contribution in [0.2, 0.25) is 0 Å².